The van der Waals surface area contributed by atoms with E-state index in [9.17, 15) is 14.9 Å². The molecule has 0 aliphatic heterocycles. The van der Waals surface area contributed by atoms with Crippen molar-refractivity contribution in [1.82, 2.24) is 9.97 Å². The zero-order valence-corrected chi connectivity index (χ0v) is 9.61. The van der Waals surface area contributed by atoms with Crippen LogP contribution in [0.15, 0.2) is 36.9 Å². The van der Waals surface area contributed by atoms with Crippen LogP contribution in [0.3, 0.4) is 0 Å². The number of nitro groups is 1. The predicted octanol–water partition coefficient (Wildman–Crippen LogP) is 1.22. The van der Waals surface area contributed by atoms with E-state index in [2.05, 4.69) is 15.3 Å². The smallest absolute Gasteiger partial charge is 0.292 e. The third kappa shape index (κ3) is 2.80. The van der Waals surface area contributed by atoms with E-state index in [1.54, 1.807) is 0 Å². The van der Waals surface area contributed by atoms with Crippen molar-refractivity contribution in [1.29, 1.82) is 0 Å². The van der Waals surface area contributed by atoms with Crippen molar-refractivity contribution >= 4 is 23.0 Å². The Morgan fingerprint density at radius 2 is 2.00 bits per heavy atom. The maximum Gasteiger partial charge on any atom is 0.292 e. The van der Waals surface area contributed by atoms with Gasteiger partial charge in [-0.2, -0.15) is 0 Å². The Bertz CT molecular complexity index is 629. The number of nitrogen functional groups attached to an aromatic ring is 1. The molecule has 0 saturated heterocycles. The van der Waals surface area contributed by atoms with Gasteiger partial charge >= 0.3 is 0 Å². The lowest BCUT2D eigenvalue weighted by molar-refractivity contribution is -0.383. The number of anilines is 2. The van der Waals surface area contributed by atoms with Crippen molar-refractivity contribution in [3.8, 4) is 0 Å². The molecule has 0 unspecified atom stereocenters. The molecule has 2 rings (SSSR count). The molecule has 19 heavy (non-hydrogen) atoms. The summed E-state index contributed by atoms with van der Waals surface area (Å²) in [6, 6.07) is 3.84. The second-order valence-corrected chi connectivity index (χ2v) is 3.61. The molecule has 1 aromatic carbocycles. The molecule has 0 aliphatic carbocycles. The van der Waals surface area contributed by atoms with Gasteiger partial charge in [-0.1, -0.05) is 0 Å². The number of aromatic nitrogens is 2. The van der Waals surface area contributed by atoms with E-state index in [0.717, 1.165) is 6.07 Å². The quantitative estimate of drug-likeness (QED) is 0.485. The minimum Gasteiger partial charge on any atom is -0.393 e. The van der Waals surface area contributed by atoms with Crippen LogP contribution in [0.4, 0.5) is 17.1 Å². The Hall–Kier alpha value is -3.03. The van der Waals surface area contributed by atoms with Gasteiger partial charge in [0.05, 0.1) is 23.0 Å². The van der Waals surface area contributed by atoms with Crippen LogP contribution < -0.4 is 11.1 Å². The monoisotopic (exact) mass is 259 g/mol. The molecule has 0 aliphatic rings. The van der Waals surface area contributed by atoms with Crippen molar-refractivity contribution in [3.63, 3.8) is 0 Å². The van der Waals surface area contributed by atoms with E-state index in [1.165, 1.54) is 30.9 Å². The minimum absolute atomic E-state index is 0.00425. The summed E-state index contributed by atoms with van der Waals surface area (Å²) in [5, 5.41) is 13.2. The van der Waals surface area contributed by atoms with Crippen molar-refractivity contribution < 1.29 is 9.72 Å². The Balaban J connectivity index is 2.25. The van der Waals surface area contributed by atoms with Crippen LogP contribution in [0.5, 0.6) is 0 Å². The molecule has 1 amide bonds. The summed E-state index contributed by atoms with van der Waals surface area (Å²) in [6.45, 7) is 0. The number of hydrogen-bond donors (Lipinski definition) is 2. The number of nitrogens with zero attached hydrogens (tertiary/aromatic N) is 3. The number of nitro benzene ring substituents is 1. The third-order valence-electron chi connectivity index (χ3n) is 2.31. The highest BCUT2D eigenvalue weighted by Crippen LogP contribution is 2.22. The first-order chi connectivity index (χ1) is 9.08. The van der Waals surface area contributed by atoms with E-state index < -0.39 is 10.8 Å². The number of rotatable bonds is 3. The standard InChI is InChI=1S/C11H9N5O3/c12-9-2-1-7(3-10(9)16(18)19)11(17)15-8-4-13-6-14-5-8/h1-6H,12H2,(H,15,17). The molecule has 1 aromatic heterocycles. The SMILES string of the molecule is Nc1ccc(C(=O)Nc2cncnc2)cc1[N+](=O)[O-]. The van der Waals surface area contributed by atoms with Gasteiger partial charge in [-0.25, -0.2) is 9.97 Å². The van der Waals surface area contributed by atoms with Crippen LogP contribution in [0.1, 0.15) is 10.4 Å². The lowest BCUT2D eigenvalue weighted by atomic mass is 10.1. The molecule has 0 saturated carbocycles. The second-order valence-electron chi connectivity index (χ2n) is 3.61. The maximum absolute atomic E-state index is 11.9. The zero-order chi connectivity index (χ0) is 13.8. The average molecular weight is 259 g/mol. The molecule has 8 heteroatoms. The molecular formula is C11H9N5O3. The fourth-order valence-electron chi connectivity index (χ4n) is 1.41. The normalized spacial score (nSPS) is 9.89. The number of amides is 1. The Kier molecular flexibility index (Phi) is 3.33. The number of carbonyl (C=O) groups excluding carboxylic acids is 1. The molecule has 8 nitrogen and oxygen atoms in total. The molecule has 0 atom stereocenters. The summed E-state index contributed by atoms with van der Waals surface area (Å²) in [5.41, 5.74) is 5.67. The van der Waals surface area contributed by atoms with Crippen LogP contribution in [-0.2, 0) is 0 Å². The Morgan fingerprint density at radius 1 is 1.32 bits per heavy atom. The number of nitrogens with one attached hydrogen (secondary N) is 1. The molecular weight excluding hydrogens is 250 g/mol. The molecule has 0 radical (unpaired) electrons. The van der Waals surface area contributed by atoms with Gasteiger partial charge in [0.25, 0.3) is 11.6 Å². The highest BCUT2D eigenvalue weighted by molar-refractivity contribution is 6.04. The van der Waals surface area contributed by atoms with E-state index in [4.69, 9.17) is 5.73 Å². The Labute approximate surface area is 107 Å². The average Bonchev–Trinajstić information content (AvgIpc) is 2.40. The van der Waals surface area contributed by atoms with Gasteiger partial charge in [0, 0.05) is 11.6 Å². The van der Waals surface area contributed by atoms with Gasteiger partial charge in [0.1, 0.15) is 12.0 Å². The van der Waals surface area contributed by atoms with E-state index in [1.807, 2.05) is 0 Å². The highest BCUT2D eigenvalue weighted by Gasteiger charge is 2.15. The largest absolute Gasteiger partial charge is 0.393 e. The molecule has 0 bridgehead atoms. The molecule has 96 valence electrons. The van der Waals surface area contributed by atoms with Crippen LogP contribution in [-0.4, -0.2) is 20.8 Å². The lowest BCUT2D eigenvalue weighted by Gasteiger charge is -2.04. The first-order valence-corrected chi connectivity index (χ1v) is 5.18. The maximum atomic E-state index is 11.9. The van der Waals surface area contributed by atoms with Crippen LogP contribution >= 0.6 is 0 Å². The van der Waals surface area contributed by atoms with Crippen LogP contribution in [0.25, 0.3) is 0 Å². The molecule has 2 aromatic rings. The zero-order valence-electron chi connectivity index (χ0n) is 9.61. The fourth-order valence-corrected chi connectivity index (χ4v) is 1.41. The summed E-state index contributed by atoms with van der Waals surface area (Å²) < 4.78 is 0. The van der Waals surface area contributed by atoms with E-state index >= 15 is 0 Å². The Morgan fingerprint density at radius 3 is 2.63 bits per heavy atom. The van der Waals surface area contributed by atoms with Gasteiger partial charge < -0.3 is 11.1 Å². The van der Waals surface area contributed by atoms with Gasteiger partial charge in [-0.05, 0) is 12.1 Å². The van der Waals surface area contributed by atoms with Gasteiger partial charge in [0.15, 0.2) is 0 Å². The minimum atomic E-state index is -0.641. The molecule has 1 heterocycles. The number of hydrogen-bond acceptors (Lipinski definition) is 6. The lowest BCUT2D eigenvalue weighted by Crippen LogP contribution is -2.12. The van der Waals surface area contributed by atoms with E-state index in [-0.39, 0.29) is 16.9 Å². The van der Waals surface area contributed by atoms with Crippen molar-refractivity contribution in [2.24, 2.45) is 0 Å². The predicted molar refractivity (Wildman–Crippen MR) is 67.5 cm³/mol. The third-order valence-corrected chi connectivity index (χ3v) is 2.31. The first kappa shape index (κ1) is 12.4. The van der Waals surface area contributed by atoms with Crippen molar-refractivity contribution in [3.05, 3.63) is 52.6 Å². The van der Waals surface area contributed by atoms with Gasteiger partial charge in [-0.3, -0.25) is 14.9 Å². The summed E-state index contributed by atoms with van der Waals surface area (Å²) in [6.07, 6.45) is 4.15. The summed E-state index contributed by atoms with van der Waals surface area (Å²) >= 11 is 0. The summed E-state index contributed by atoms with van der Waals surface area (Å²) in [5.74, 6) is -0.502. The number of benzene rings is 1. The molecule has 3 N–H and O–H groups in total. The second kappa shape index (κ2) is 5.08. The number of carbonyl (C=O) groups is 1. The van der Waals surface area contributed by atoms with Crippen LogP contribution in [0.2, 0.25) is 0 Å². The number of nitrogens with two attached hydrogens (primary N) is 1. The highest BCUT2D eigenvalue weighted by atomic mass is 16.6. The summed E-state index contributed by atoms with van der Waals surface area (Å²) in [7, 11) is 0. The van der Waals surface area contributed by atoms with Crippen molar-refractivity contribution in [2.75, 3.05) is 11.1 Å². The first-order valence-electron chi connectivity index (χ1n) is 5.18. The van der Waals surface area contributed by atoms with Crippen molar-refractivity contribution in [2.45, 2.75) is 0 Å². The van der Waals surface area contributed by atoms with Gasteiger partial charge in [-0.15, -0.1) is 0 Å². The molecule has 0 spiro atoms. The molecule has 0 fully saturated rings. The van der Waals surface area contributed by atoms with E-state index in [0.29, 0.717) is 5.69 Å². The fraction of sp³-hybridized carbons (Fsp3) is 0. The van der Waals surface area contributed by atoms with Gasteiger partial charge in [0.2, 0.25) is 0 Å². The topological polar surface area (TPSA) is 124 Å². The van der Waals surface area contributed by atoms with Crippen LogP contribution in [0, 0.1) is 10.1 Å². The summed E-state index contributed by atoms with van der Waals surface area (Å²) in [4.78, 5) is 29.4.